The number of anilines is 1. The normalized spacial score (nSPS) is 14.1. The maximum absolute atomic E-state index is 15.5. The van der Waals surface area contributed by atoms with Gasteiger partial charge < -0.3 is 15.6 Å². The molecule has 3 N–H and O–H groups in total. The summed E-state index contributed by atoms with van der Waals surface area (Å²) in [6.45, 7) is 7.35. The third-order valence-electron chi connectivity index (χ3n) is 6.25. The van der Waals surface area contributed by atoms with Crippen molar-refractivity contribution in [3.63, 3.8) is 0 Å². The van der Waals surface area contributed by atoms with Gasteiger partial charge in [0.15, 0.2) is 23.0 Å². The first kappa shape index (κ1) is 25.9. The lowest BCUT2D eigenvalue weighted by molar-refractivity contribution is 0.0605. The summed E-state index contributed by atoms with van der Waals surface area (Å²) < 4.78 is 50.5. The van der Waals surface area contributed by atoms with E-state index in [0.29, 0.717) is 16.8 Å². The molecule has 0 aliphatic heterocycles. The van der Waals surface area contributed by atoms with Crippen LogP contribution in [-0.2, 0) is 0 Å². The van der Waals surface area contributed by atoms with Crippen LogP contribution in [0.25, 0.3) is 16.8 Å². The van der Waals surface area contributed by atoms with E-state index in [-0.39, 0.29) is 30.2 Å². The Hall–Kier alpha value is -4.18. The Bertz CT molecular complexity index is 1470. The molecule has 0 bridgehead atoms. The minimum Gasteiger partial charge on any atom is -0.488 e. The van der Waals surface area contributed by atoms with Crippen LogP contribution >= 0.6 is 0 Å². The number of hydrogen-bond acceptors (Lipinski definition) is 6. The number of pyridine rings is 2. The van der Waals surface area contributed by atoms with E-state index in [9.17, 15) is 13.9 Å². The lowest BCUT2D eigenvalue weighted by Crippen LogP contribution is -2.31. The van der Waals surface area contributed by atoms with E-state index in [4.69, 9.17) is 10.5 Å². The number of aliphatic hydroxyl groups excluding tert-OH is 1. The van der Waals surface area contributed by atoms with E-state index in [1.54, 1.807) is 44.3 Å². The van der Waals surface area contributed by atoms with Crippen LogP contribution in [0.1, 0.15) is 32.1 Å². The van der Waals surface area contributed by atoms with Gasteiger partial charge in [0.1, 0.15) is 11.9 Å². The number of allylic oxidation sites excluding steroid dienone is 1. The topological polar surface area (TPSA) is 98.6 Å². The second kappa shape index (κ2) is 10.4. The number of aliphatic hydroxyl groups is 1. The van der Waals surface area contributed by atoms with Gasteiger partial charge in [-0.05, 0) is 62.2 Å². The molecule has 2 unspecified atom stereocenters. The van der Waals surface area contributed by atoms with Gasteiger partial charge in [-0.1, -0.05) is 24.3 Å². The van der Waals surface area contributed by atoms with Gasteiger partial charge in [-0.2, -0.15) is 4.98 Å². The molecular weight excluding hydrogens is 483 g/mol. The van der Waals surface area contributed by atoms with E-state index >= 15 is 4.39 Å². The Balaban J connectivity index is 1.61. The predicted molar refractivity (Wildman–Crippen MR) is 134 cm³/mol. The minimum absolute atomic E-state index is 0.0703. The van der Waals surface area contributed by atoms with E-state index in [2.05, 4.69) is 21.6 Å². The van der Waals surface area contributed by atoms with Crippen molar-refractivity contribution in [2.24, 2.45) is 5.41 Å². The average molecular weight is 510 g/mol. The Morgan fingerprint density at radius 2 is 2.03 bits per heavy atom. The molecule has 0 saturated carbocycles. The molecule has 2 atom stereocenters. The van der Waals surface area contributed by atoms with Crippen molar-refractivity contribution in [1.29, 1.82) is 0 Å². The van der Waals surface area contributed by atoms with E-state index in [1.165, 1.54) is 22.7 Å². The van der Waals surface area contributed by atoms with Crippen LogP contribution in [0.3, 0.4) is 0 Å². The average Bonchev–Trinajstić information content (AvgIpc) is 3.24. The number of ether oxygens (including phenoxy) is 1. The van der Waals surface area contributed by atoms with Crippen molar-refractivity contribution in [3.8, 4) is 16.9 Å². The van der Waals surface area contributed by atoms with E-state index in [1.807, 2.05) is 0 Å². The minimum atomic E-state index is -1.20. The third-order valence-corrected chi connectivity index (χ3v) is 6.25. The van der Waals surface area contributed by atoms with Crippen LogP contribution in [-0.4, -0.2) is 31.3 Å². The molecule has 4 aromatic rings. The number of hydrogen-bond donors (Lipinski definition) is 2. The summed E-state index contributed by atoms with van der Waals surface area (Å²) in [5.74, 6) is -2.78. The summed E-state index contributed by atoms with van der Waals surface area (Å²) in [4.78, 5) is 8.05. The highest BCUT2D eigenvalue weighted by atomic mass is 19.1. The van der Waals surface area contributed by atoms with Crippen molar-refractivity contribution in [2.75, 3.05) is 12.3 Å². The van der Waals surface area contributed by atoms with Gasteiger partial charge in [0.05, 0.1) is 18.5 Å². The van der Waals surface area contributed by atoms with Gasteiger partial charge in [0.2, 0.25) is 5.95 Å². The quantitative estimate of drug-likeness (QED) is 0.292. The Morgan fingerprint density at radius 3 is 2.70 bits per heavy atom. The first-order valence-corrected chi connectivity index (χ1v) is 11.5. The van der Waals surface area contributed by atoms with Crippen molar-refractivity contribution < 1.29 is 23.0 Å². The number of nitrogens with two attached hydrogens (primary N) is 1. The molecule has 37 heavy (non-hydrogen) atoms. The van der Waals surface area contributed by atoms with Gasteiger partial charge in [-0.25, -0.2) is 17.7 Å². The van der Waals surface area contributed by atoms with Crippen LogP contribution in [0.2, 0.25) is 0 Å². The van der Waals surface area contributed by atoms with Gasteiger partial charge in [0, 0.05) is 17.2 Å². The molecule has 0 saturated heterocycles. The van der Waals surface area contributed by atoms with Crippen molar-refractivity contribution in [2.45, 2.75) is 26.4 Å². The number of aromatic nitrogens is 4. The molecule has 192 valence electrons. The number of benzene rings is 1. The highest BCUT2D eigenvalue weighted by molar-refractivity contribution is 5.69. The second-order valence-electron chi connectivity index (χ2n) is 8.65. The summed E-state index contributed by atoms with van der Waals surface area (Å²) in [7, 11) is 0. The molecule has 0 fully saturated rings. The second-order valence-corrected chi connectivity index (χ2v) is 8.65. The van der Waals surface area contributed by atoms with Crippen LogP contribution in [0.15, 0.2) is 73.1 Å². The SMILES string of the molecule is C=C(C)C(/C=C/C)(CCOc1c(F)ccc(-c2ccn3nc(N)nc3c2)c1F)C(O)c1ccc(F)cn1. The molecule has 0 amide bonds. The van der Waals surface area contributed by atoms with Crippen LogP contribution in [0.4, 0.5) is 19.1 Å². The molecule has 1 aromatic carbocycles. The van der Waals surface area contributed by atoms with Gasteiger partial charge in [0.25, 0.3) is 0 Å². The fourth-order valence-corrected chi connectivity index (χ4v) is 4.29. The Labute approximate surface area is 211 Å². The van der Waals surface area contributed by atoms with Crippen molar-refractivity contribution in [3.05, 3.63) is 96.2 Å². The monoisotopic (exact) mass is 509 g/mol. The van der Waals surface area contributed by atoms with Gasteiger partial charge in [-0.3, -0.25) is 4.98 Å². The molecule has 10 heteroatoms. The van der Waals surface area contributed by atoms with Gasteiger partial charge >= 0.3 is 0 Å². The highest BCUT2D eigenvalue weighted by Crippen LogP contribution is 2.44. The Kier molecular flexibility index (Phi) is 7.30. The van der Waals surface area contributed by atoms with E-state index in [0.717, 1.165) is 12.3 Å². The number of rotatable bonds is 9. The number of fused-ring (bicyclic) bond motifs is 1. The third kappa shape index (κ3) is 5.05. The lowest BCUT2D eigenvalue weighted by Gasteiger charge is -2.36. The number of halogens is 3. The van der Waals surface area contributed by atoms with Crippen molar-refractivity contribution >= 4 is 11.6 Å². The summed E-state index contributed by atoms with van der Waals surface area (Å²) in [5, 5.41) is 15.2. The Morgan fingerprint density at radius 1 is 1.24 bits per heavy atom. The molecule has 0 aliphatic carbocycles. The molecule has 4 rings (SSSR count). The smallest absolute Gasteiger partial charge is 0.240 e. The molecule has 0 radical (unpaired) electrons. The molecule has 3 heterocycles. The summed E-state index contributed by atoms with van der Waals surface area (Å²) >= 11 is 0. The first-order chi connectivity index (χ1) is 17.7. The maximum Gasteiger partial charge on any atom is 0.240 e. The zero-order chi connectivity index (χ0) is 26.7. The van der Waals surface area contributed by atoms with Crippen LogP contribution in [0.5, 0.6) is 5.75 Å². The standard InChI is InChI=1S/C27H26F3N5O2/c1-4-10-27(16(2)3,25(36)21-8-5-18(28)15-32-21)11-13-37-24-20(29)7-6-19(23(24)30)17-9-12-35-22(14-17)33-26(31)34-35/h4-10,12,14-15,25,36H,2,11,13H2,1,3H3,(H2,31,34)/b10-4+. The fraction of sp³-hybridized carbons (Fsp3) is 0.222. The summed E-state index contributed by atoms with van der Waals surface area (Å²) in [5.41, 5.74) is 6.28. The fourth-order valence-electron chi connectivity index (χ4n) is 4.29. The maximum atomic E-state index is 15.5. The molecule has 3 aromatic heterocycles. The number of nitrogen functional groups attached to an aromatic ring is 1. The zero-order valence-corrected chi connectivity index (χ0v) is 20.3. The first-order valence-electron chi connectivity index (χ1n) is 11.5. The summed E-state index contributed by atoms with van der Waals surface area (Å²) in [6, 6.07) is 8.18. The van der Waals surface area contributed by atoms with E-state index < -0.39 is 34.7 Å². The van der Waals surface area contributed by atoms with Gasteiger partial charge in [-0.15, -0.1) is 5.10 Å². The molecule has 0 aliphatic rings. The van der Waals surface area contributed by atoms with Crippen LogP contribution in [0, 0.1) is 22.9 Å². The summed E-state index contributed by atoms with van der Waals surface area (Å²) in [6.07, 6.45) is 4.96. The zero-order valence-electron chi connectivity index (χ0n) is 20.3. The molecular formula is C27H26F3N5O2. The highest BCUT2D eigenvalue weighted by Gasteiger charge is 2.38. The number of nitrogens with zero attached hydrogens (tertiary/aromatic N) is 4. The largest absolute Gasteiger partial charge is 0.488 e. The molecule has 0 spiro atoms. The van der Waals surface area contributed by atoms with Crippen molar-refractivity contribution in [1.82, 2.24) is 19.6 Å². The lowest BCUT2D eigenvalue weighted by atomic mass is 9.72. The predicted octanol–water partition coefficient (Wildman–Crippen LogP) is 5.43. The molecule has 7 nitrogen and oxygen atoms in total. The van der Waals surface area contributed by atoms with Crippen LogP contribution < -0.4 is 10.5 Å².